The molecule has 0 aromatic heterocycles. The summed E-state index contributed by atoms with van der Waals surface area (Å²) in [6, 6.07) is 19.2. The van der Waals surface area contributed by atoms with E-state index < -0.39 is 29.0 Å². The molecule has 3 aromatic carbocycles. The van der Waals surface area contributed by atoms with Gasteiger partial charge in [0.15, 0.2) is 6.79 Å². The highest BCUT2D eigenvalue weighted by molar-refractivity contribution is 6.31. The zero-order valence-corrected chi connectivity index (χ0v) is 29.4. The number of hydrogen-bond donors (Lipinski definition) is 0. The Labute approximate surface area is 295 Å². The summed E-state index contributed by atoms with van der Waals surface area (Å²) in [4.78, 5) is 27.5. The lowest BCUT2D eigenvalue weighted by molar-refractivity contribution is -0.174. The van der Waals surface area contributed by atoms with E-state index in [0.29, 0.717) is 36.7 Å². The van der Waals surface area contributed by atoms with Crippen LogP contribution in [0.15, 0.2) is 66.7 Å². The highest BCUT2D eigenvalue weighted by atomic mass is 35.5. The second kappa shape index (κ2) is 15.6. The molecule has 0 heterocycles. The number of carbonyl (C=O) groups is 2. The molecule has 2 aliphatic rings. The smallest absolute Gasteiger partial charge is 0.471 e. The van der Waals surface area contributed by atoms with Gasteiger partial charge in [0.2, 0.25) is 0 Å². The molecular formula is C38H43ClF3NO7. The van der Waals surface area contributed by atoms with Crippen molar-refractivity contribution in [3.8, 4) is 11.5 Å². The Bertz CT molecular complexity index is 1640. The molecular weight excluding hydrogens is 675 g/mol. The van der Waals surface area contributed by atoms with Gasteiger partial charge in [0.05, 0.1) is 20.8 Å². The molecule has 1 fully saturated rings. The van der Waals surface area contributed by atoms with Crippen molar-refractivity contribution in [3.05, 3.63) is 88.4 Å². The van der Waals surface area contributed by atoms with Crippen molar-refractivity contribution in [3.63, 3.8) is 0 Å². The van der Waals surface area contributed by atoms with Gasteiger partial charge in [0.1, 0.15) is 17.0 Å². The topological polar surface area (TPSA) is 83.5 Å². The summed E-state index contributed by atoms with van der Waals surface area (Å²) < 4.78 is 70.2. The highest BCUT2D eigenvalue weighted by Gasteiger charge is 2.60. The minimum Gasteiger partial charge on any atom is -0.497 e. The number of anilines is 1. The highest BCUT2D eigenvalue weighted by Crippen LogP contribution is 2.58. The predicted molar refractivity (Wildman–Crippen MR) is 182 cm³/mol. The van der Waals surface area contributed by atoms with Crippen LogP contribution in [0.4, 0.5) is 18.9 Å². The molecule has 0 unspecified atom stereocenters. The van der Waals surface area contributed by atoms with Gasteiger partial charge in [0.25, 0.3) is 0 Å². The van der Waals surface area contributed by atoms with Gasteiger partial charge in [-0.3, -0.25) is 9.69 Å². The van der Waals surface area contributed by atoms with Gasteiger partial charge in [-0.25, -0.2) is 4.79 Å². The van der Waals surface area contributed by atoms with Crippen LogP contribution < -0.4 is 14.4 Å². The van der Waals surface area contributed by atoms with E-state index in [1.165, 1.54) is 31.4 Å². The molecule has 3 aromatic rings. The van der Waals surface area contributed by atoms with Crippen LogP contribution >= 0.6 is 11.6 Å². The molecule has 50 heavy (non-hydrogen) atoms. The third-order valence-electron chi connectivity index (χ3n) is 10.2. The Morgan fingerprint density at radius 2 is 1.66 bits per heavy atom. The molecule has 0 bridgehead atoms. The van der Waals surface area contributed by atoms with Crippen molar-refractivity contribution >= 4 is 29.2 Å². The number of carbonyl (C=O) groups excluding carboxylic acids is 2. The summed E-state index contributed by atoms with van der Waals surface area (Å²) in [7, 11) is 4.28. The van der Waals surface area contributed by atoms with Gasteiger partial charge in [0, 0.05) is 24.4 Å². The fraction of sp³-hybridized carbons (Fsp3) is 0.474. The number of esters is 1. The van der Waals surface area contributed by atoms with Gasteiger partial charge < -0.3 is 23.7 Å². The van der Waals surface area contributed by atoms with Crippen LogP contribution in [0.2, 0.25) is 5.02 Å². The van der Waals surface area contributed by atoms with Gasteiger partial charge >= 0.3 is 18.1 Å². The Kier molecular flexibility index (Phi) is 11.7. The van der Waals surface area contributed by atoms with Crippen molar-refractivity contribution in [2.45, 2.75) is 69.2 Å². The largest absolute Gasteiger partial charge is 0.497 e. The number of amides is 1. The van der Waals surface area contributed by atoms with E-state index in [-0.39, 0.29) is 42.2 Å². The molecule has 1 spiro atoms. The zero-order chi connectivity index (χ0) is 36.1. The lowest BCUT2D eigenvalue weighted by atomic mass is 9.59. The Balaban J connectivity index is 1.46. The van der Waals surface area contributed by atoms with Crippen LogP contribution in [-0.4, -0.2) is 58.3 Å². The third kappa shape index (κ3) is 7.75. The van der Waals surface area contributed by atoms with Crippen LogP contribution in [0.25, 0.3) is 0 Å². The summed E-state index contributed by atoms with van der Waals surface area (Å²) in [5.74, 6) is -1.44. The van der Waals surface area contributed by atoms with E-state index in [1.807, 2.05) is 42.5 Å². The Morgan fingerprint density at radius 1 is 0.960 bits per heavy atom. The SMILES string of the molecule is COCOc1ccc2c(c1)C1(CCC(C(=O)OC)(N(C(=O)C(F)(F)F)c3cccc(Cl)c3)CC1)[C@H](C[C@@H](C)COCc1ccc(OC)cc1)C2. The minimum atomic E-state index is -5.25. The quantitative estimate of drug-likeness (QED) is 0.131. The average Bonchev–Trinajstić information content (AvgIpc) is 3.38. The summed E-state index contributed by atoms with van der Waals surface area (Å²) >= 11 is 6.19. The van der Waals surface area contributed by atoms with Gasteiger partial charge in [-0.15, -0.1) is 0 Å². The number of benzene rings is 3. The van der Waals surface area contributed by atoms with Crippen LogP contribution in [0, 0.1) is 11.8 Å². The Morgan fingerprint density at radius 3 is 2.28 bits per heavy atom. The van der Waals surface area contributed by atoms with Crippen LogP contribution in [-0.2, 0) is 42.2 Å². The number of nitrogens with zero attached hydrogens (tertiary/aromatic N) is 1. The van der Waals surface area contributed by atoms with Gasteiger partial charge in [-0.05, 0) is 115 Å². The molecule has 0 N–H and O–H groups in total. The standard InChI is InChI=1S/C38H43ClF3NO7/c1-25(22-49-23-26-8-11-31(47-3)12-9-26)18-28-19-27-10-13-32(50-24-46-2)21-33(27)36(28)14-16-37(17-15-36,35(45)48-4)43(34(44)38(40,41)42)30-7-5-6-29(39)20-30/h5-13,20-21,25,28H,14-19,22-24H2,1-4H3/t25-,28-,36?,37?/m1/s1. The molecule has 0 saturated heterocycles. The summed E-state index contributed by atoms with van der Waals surface area (Å²) in [6.07, 6.45) is -3.20. The fourth-order valence-electron chi connectivity index (χ4n) is 7.85. The van der Waals surface area contributed by atoms with Crippen molar-refractivity contribution in [2.24, 2.45) is 11.8 Å². The lowest BCUT2D eigenvalue weighted by Gasteiger charge is -2.51. The molecule has 0 radical (unpaired) electrons. The van der Waals surface area contributed by atoms with Crippen molar-refractivity contribution < 1.29 is 46.4 Å². The van der Waals surface area contributed by atoms with E-state index in [0.717, 1.165) is 42.4 Å². The summed E-state index contributed by atoms with van der Waals surface area (Å²) in [5.41, 5.74) is 0.636. The van der Waals surface area contributed by atoms with E-state index >= 15 is 0 Å². The van der Waals surface area contributed by atoms with Gasteiger partial charge in [-0.2, -0.15) is 13.2 Å². The molecule has 1 amide bonds. The van der Waals surface area contributed by atoms with Crippen molar-refractivity contribution in [1.82, 2.24) is 0 Å². The maximum Gasteiger partial charge on any atom is 0.471 e. The third-order valence-corrected chi connectivity index (χ3v) is 10.4. The first-order valence-electron chi connectivity index (χ1n) is 16.6. The Hall–Kier alpha value is -3.80. The molecule has 5 rings (SSSR count). The number of rotatable bonds is 13. The first-order chi connectivity index (χ1) is 23.9. The minimum absolute atomic E-state index is 0.0530. The predicted octanol–water partition coefficient (Wildman–Crippen LogP) is 8.07. The number of fused-ring (bicyclic) bond motifs is 2. The average molecular weight is 718 g/mol. The molecule has 270 valence electrons. The number of alkyl halides is 3. The van der Waals surface area contributed by atoms with E-state index in [2.05, 4.69) is 6.92 Å². The molecule has 12 heteroatoms. The van der Waals surface area contributed by atoms with E-state index in [4.69, 9.17) is 35.3 Å². The normalized spacial score (nSPS) is 22.1. The molecule has 2 atom stereocenters. The van der Waals surface area contributed by atoms with E-state index in [9.17, 15) is 22.8 Å². The molecule has 0 aliphatic heterocycles. The fourth-order valence-corrected chi connectivity index (χ4v) is 8.04. The first kappa shape index (κ1) is 37.5. The van der Waals surface area contributed by atoms with Gasteiger partial charge in [-0.1, -0.05) is 42.8 Å². The maximum absolute atomic E-state index is 14.2. The number of hydrogen-bond acceptors (Lipinski definition) is 7. The lowest BCUT2D eigenvalue weighted by Crippen LogP contribution is -2.63. The van der Waals surface area contributed by atoms with Crippen molar-refractivity contribution in [1.29, 1.82) is 0 Å². The van der Waals surface area contributed by atoms with Crippen LogP contribution in [0.3, 0.4) is 0 Å². The molecule has 8 nitrogen and oxygen atoms in total. The first-order valence-corrected chi connectivity index (χ1v) is 17.0. The zero-order valence-electron chi connectivity index (χ0n) is 28.7. The molecule has 1 saturated carbocycles. The van der Waals surface area contributed by atoms with Crippen LogP contribution in [0.5, 0.6) is 11.5 Å². The second-order valence-corrected chi connectivity index (χ2v) is 13.7. The molecule has 2 aliphatic carbocycles. The number of methoxy groups -OCH3 is 3. The monoisotopic (exact) mass is 717 g/mol. The number of ether oxygens (including phenoxy) is 5. The summed E-state index contributed by atoms with van der Waals surface area (Å²) in [6.45, 7) is 3.13. The summed E-state index contributed by atoms with van der Waals surface area (Å²) in [5, 5.41) is 0.131. The van der Waals surface area contributed by atoms with E-state index in [1.54, 1.807) is 7.11 Å². The van der Waals surface area contributed by atoms with Crippen LogP contribution in [0.1, 0.15) is 55.7 Å². The maximum atomic E-state index is 14.2. The van der Waals surface area contributed by atoms with Crippen molar-refractivity contribution in [2.75, 3.05) is 39.6 Å². The second-order valence-electron chi connectivity index (χ2n) is 13.3. The number of halogens is 4.